The SMILES string of the molecule is CNCc1n[nH]c(C)c1S(=O)(=O)N1CCC(OC)CC1. The number of aryl methyl sites for hydroxylation is 1. The van der Waals surface area contributed by atoms with Gasteiger partial charge >= 0.3 is 0 Å². The van der Waals surface area contributed by atoms with E-state index < -0.39 is 10.0 Å². The zero-order valence-corrected chi connectivity index (χ0v) is 13.0. The zero-order valence-electron chi connectivity index (χ0n) is 12.1. The van der Waals surface area contributed by atoms with Crippen LogP contribution in [0.2, 0.25) is 0 Å². The largest absolute Gasteiger partial charge is 0.381 e. The summed E-state index contributed by atoms with van der Waals surface area (Å²) in [4.78, 5) is 0.308. The molecule has 2 heterocycles. The van der Waals surface area contributed by atoms with Gasteiger partial charge in [0.15, 0.2) is 0 Å². The molecule has 20 heavy (non-hydrogen) atoms. The molecule has 0 amide bonds. The number of piperidine rings is 1. The zero-order chi connectivity index (χ0) is 14.8. The van der Waals surface area contributed by atoms with E-state index in [0.29, 0.717) is 35.9 Å². The first-order valence-corrected chi connectivity index (χ1v) is 8.16. The van der Waals surface area contributed by atoms with Crippen molar-refractivity contribution in [1.29, 1.82) is 0 Å². The Morgan fingerprint density at radius 1 is 1.45 bits per heavy atom. The van der Waals surface area contributed by atoms with Gasteiger partial charge in [0.2, 0.25) is 10.0 Å². The number of aromatic nitrogens is 2. The van der Waals surface area contributed by atoms with Crippen LogP contribution in [0.4, 0.5) is 0 Å². The maximum absolute atomic E-state index is 12.8. The lowest BCUT2D eigenvalue weighted by Gasteiger charge is -2.30. The van der Waals surface area contributed by atoms with Crippen LogP contribution in [0.1, 0.15) is 24.2 Å². The number of aromatic amines is 1. The monoisotopic (exact) mass is 302 g/mol. The molecule has 1 fully saturated rings. The first-order valence-electron chi connectivity index (χ1n) is 6.72. The summed E-state index contributed by atoms with van der Waals surface area (Å²) in [7, 11) is -0.0548. The van der Waals surface area contributed by atoms with Crippen LogP contribution in [0.15, 0.2) is 4.90 Å². The summed E-state index contributed by atoms with van der Waals surface area (Å²) in [6, 6.07) is 0. The molecule has 0 radical (unpaired) electrons. The minimum Gasteiger partial charge on any atom is -0.381 e. The van der Waals surface area contributed by atoms with Gasteiger partial charge in [0.05, 0.1) is 17.5 Å². The van der Waals surface area contributed by atoms with Gasteiger partial charge in [0, 0.05) is 26.7 Å². The standard InChI is InChI=1S/C12H22N4O3S/c1-9-12(11(8-13-2)15-14-9)20(17,18)16-6-4-10(19-3)5-7-16/h10,13H,4-8H2,1-3H3,(H,14,15). The third kappa shape index (κ3) is 2.88. The van der Waals surface area contributed by atoms with Gasteiger partial charge < -0.3 is 10.1 Å². The van der Waals surface area contributed by atoms with Crippen molar-refractivity contribution in [2.45, 2.75) is 37.3 Å². The van der Waals surface area contributed by atoms with Crippen molar-refractivity contribution in [3.05, 3.63) is 11.4 Å². The van der Waals surface area contributed by atoms with Crippen molar-refractivity contribution in [1.82, 2.24) is 19.8 Å². The Balaban J connectivity index is 2.25. The number of methoxy groups -OCH3 is 1. The second-order valence-corrected chi connectivity index (χ2v) is 6.87. The first-order chi connectivity index (χ1) is 9.50. The lowest BCUT2D eigenvalue weighted by molar-refractivity contribution is 0.0604. The van der Waals surface area contributed by atoms with E-state index in [-0.39, 0.29) is 6.10 Å². The molecule has 8 heteroatoms. The molecule has 0 atom stereocenters. The number of ether oxygens (including phenoxy) is 1. The highest BCUT2D eigenvalue weighted by Gasteiger charge is 2.33. The third-order valence-corrected chi connectivity index (χ3v) is 5.74. The fourth-order valence-corrected chi connectivity index (χ4v) is 4.33. The highest BCUT2D eigenvalue weighted by molar-refractivity contribution is 7.89. The predicted molar refractivity (Wildman–Crippen MR) is 74.9 cm³/mol. The minimum atomic E-state index is -3.49. The molecule has 0 saturated carbocycles. The van der Waals surface area contributed by atoms with Gasteiger partial charge in [0.1, 0.15) is 4.90 Å². The molecule has 2 rings (SSSR count). The van der Waals surface area contributed by atoms with Gasteiger partial charge in [-0.2, -0.15) is 9.40 Å². The molecule has 0 bridgehead atoms. The Morgan fingerprint density at radius 2 is 2.10 bits per heavy atom. The summed E-state index contributed by atoms with van der Waals surface area (Å²) >= 11 is 0. The second kappa shape index (κ2) is 6.21. The summed E-state index contributed by atoms with van der Waals surface area (Å²) in [5, 5.41) is 9.79. The number of nitrogens with zero attached hydrogens (tertiary/aromatic N) is 2. The van der Waals surface area contributed by atoms with E-state index in [2.05, 4.69) is 15.5 Å². The highest BCUT2D eigenvalue weighted by atomic mass is 32.2. The average molecular weight is 302 g/mol. The highest BCUT2D eigenvalue weighted by Crippen LogP contribution is 2.25. The fraction of sp³-hybridized carbons (Fsp3) is 0.750. The van der Waals surface area contributed by atoms with Crippen molar-refractivity contribution in [2.24, 2.45) is 0 Å². The van der Waals surface area contributed by atoms with E-state index in [4.69, 9.17) is 4.74 Å². The average Bonchev–Trinajstić information content (AvgIpc) is 2.81. The van der Waals surface area contributed by atoms with Crippen LogP contribution in [0.5, 0.6) is 0 Å². The molecule has 0 spiro atoms. The molecule has 0 aliphatic carbocycles. The van der Waals surface area contributed by atoms with Crippen molar-refractivity contribution in [3.63, 3.8) is 0 Å². The molecule has 2 N–H and O–H groups in total. The van der Waals surface area contributed by atoms with Crippen LogP contribution in [0, 0.1) is 6.92 Å². The first kappa shape index (κ1) is 15.4. The Bertz CT molecular complexity index is 547. The summed E-state index contributed by atoms with van der Waals surface area (Å²) in [5.41, 5.74) is 1.13. The van der Waals surface area contributed by atoms with E-state index in [0.717, 1.165) is 12.8 Å². The molecule has 7 nitrogen and oxygen atoms in total. The predicted octanol–water partition coefficient (Wildman–Crippen LogP) is 0.237. The van der Waals surface area contributed by atoms with Gasteiger partial charge in [-0.15, -0.1) is 0 Å². The summed E-state index contributed by atoms with van der Waals surface area (Å²) < 4.78 is 32.3. The molecular weight excluding hydrogens is 280 g/mol. The molecule has 1 aliphatic heterocycles. The van der Waals surface area contributed by atoms with E-state index in [9.17, 15) is 8.42 Å². The van der Waals surface area contributed by atoms with Crippen LogP contribution in [0.3, 0.4) is 0 Å². The number of rotatable bonds is 5. The fourth-order valence-electron chi connectivity index (χ4n) is 2.54. The van der Waals surface area contributed by atoms with Gasteiger partial charge in [-0.05, 0) is 26.8 Å². The van der Waals surface area contributed by atoms with E-state index >= 15 is 0 Å². The van der Waals surface area contributed by atoms with Crippen molar-refractivity contribution in [3.8, 4) is 0 Å². The Kier molecular flexibility index (Phi) is 4.79. The smallest absolute Gasteiger partial charge is 0.246 e. The maximum Gasteiger partial charge on any atom is 0.246 e. The van der Waals surface area contributed by atoms with Gasteiger partial charge in [0.25, 0.3) is 0 Å². The number of hydrogen-bond donors (Lipinski definition) is 2. The van der Waals surface area contributed by atoms with Crippen LogP contribution in [-0.2, 0) is 21.3 Å². The number of hydrogen-bond acceptors (Lipinski definition) is 5. The number of nitrogens with one attached hydrogen (secondary N) is 2. The van der Waals surface area contributed by atoms with Crippen molar-refractivity contribution in [2.75, 3.05) is 27.2 Å². The maximum atomic E-state index is 12.8. The van der Waals surface area contributed by atoms with Crippen molar-refractivity contribution < 1.29 is 13.2 Å². The molecule has 1 aromatic heterocycles. The normalized spacial score (nSPS) is 18.6. The Morgan fingerprint density at radius 3 is 2.65 bits per heavy atom. The van der Waals surface area contributed by atoms with E-state index in [1.54, 1.807) is 21.1 Å². The molecule has 1 saturated heterocycles. The van der Waals surface area contributed by atoms with Gasteiger partial charge in [-0.1, -0.05) is 0 Å². The Hall–Kier alpha value is -0.960. The molecule has 114 valence electrons. The molecule has 1 aromatic rings. The molecule has 1 aliphatic rings. The summed E-state index contributed by atoms with van der Waals surface area (Å²) in [6.45, 7) is 3.14. The van der Waals surface area contributed by atoms with Gasteiger partial charge in [-0.3, -0.25) is 5.10 Å². The second-order valence-electron chi connectivity index (χ2n) is 4.99. The van der Waals surface area contributed by atoms with E-state index in [1.165, 1.54) is 4.31 Å². The lowest BCUT2D eigenvalue weighted by atomic mass is 10.1. The molecular formula is C12H22N4O3S. The topological polar surface area (TPSA) is 87.3 Å². The molecule has 0 unspecified atom stereocenters. The van der Waals surface area contributed by atoms with Crippen LogP contribution < -0.4 is 5.32 Å². The van der Waals surface area contributed by atoms with Crippen LogP contribution >= 0.6 is 0 Å². The van der Waals surface area contributed by atoms with Crippen molar-refractivity contribution >= 4 is 10.0 Å². The number of sulfonamides is 1. The Labute approximate surface area is 119 Å². The third-order valence-electron chi connectivity index (χ3n) is 3.64. The minimum absolute atomic E-state index is 0.156. The molecule has 0 aromatic carbocycles. The quantitative estimate of drug-likeness (QED) is 0.813. The van der Waals surface area contributed by atoms with Crippen LogP contribution in [-0.4, -0.2) is 56.3 Å². The number of H-pyrrole nitrogens is 1. The lowest BCUT2D eigenvalue weighted by Crippen LogP contribution is -2.41. The van der Waals surface area contributed by atoms with E-state index in [1.807, 2.05) is 0 Å². The van der Waals surface area contributed by atoms with Gasteiger partial charge in [-0.25, -0.2) is 8.42 Å². The van der Waals surface area contributed by atoms with Crippen LogP contribution in [0.25, 0.3) is 0 Å². The summed E-state index contributed by atoms with van der Waals surface area (Å²) in [5.74, 6) is 0. The summed E-state index contributed by atoms with van der Waals surface area (Å²) in [6.07, 6.45) is 1.62.